The number of nitrogens with zero attached hydrogens (tertiary/aromatic N) is 2. The SMILES string of the molecule is COC(=O)CNC(=O)CSc1nc2cc(Cl)ccc2c(=O)n1C1CCCCC1. The van der Waals surface area contributed by atoms with E-state index < -0.39 is 5.97 Å². The van der Waals surface area contributed by atoms with E-state index in [1.54, 1.807) is 22.8 Å². The molecule has 1 saturated carbocycles. The number of thioether (sulfide) groups is 1. The molecule has 0 spiro atoms. The molecule has 1 aromatic heterocycles. The van der Waals surface area contributed by atoms with E-state index in [1.807, 2.05) is 0 Å². The topological polar surface area (TPSA) is 90.3 Å². The molecule has 0 saturated heterocycles. The number of rotatable bonds is 6. The highest BCUT2D eigenvalue weighted by molar-refractivity contribution is 7.99. The first-order chi connectivity index (χ1) is 13.5. The molecule has 3 rings (SSSR count). The lowest BCUT2D eigenvalue weighted by atomic mass is 9.95. The summed E-state index contributed by atoms with van der Waals surface area (Å²) in [6.07, 6.45) is 5.14. The highest BCUT2D eigenvalue weighted by atomic mass is 35.5. The Morgan fingerprint density at radius 2 is 2.07 bits per heavy atom. The maximum absolute atomic E-state index is 13.2. The number of esters is 1. The van der Waals surface area contributed by atoms with Crippen molar-refractivity contribution in [2.24, 2.45) is 0 Å². The molecule has 2 aromatic rings. The maximum atomic E-state index is 13.2. The van der Waals surface area contributed by atoms with Crippen LogP contribution >= 0.6 is 23.4 Å². The van der Waals surface area contributed by atoms with E-state index in [2.05, 4.69) is 15.0 Å². The molecule has 150 valence electrons. The van der Waals surface area contributed by atoms with Gasteiger partial charge in [-0.25, -0.2) is 4.98 Å². The van der Waals surface area contributed by atoms with Crippen LogP contribution < -0.4 is 10.9 Å². The number of hydrogen-bond acceptors (Lipinski definition) is 6. The summed E-state index contributed by atoms with van der Waals surface area (Å²) in [5, 5.41) is 4.02. The minimum Gasteiger partial charge on any atom is -0.468 e. The number of amides is 1. The predicted octanol–water partition coefficient (Wildman–Crippen LogP) is 2.94. The summed E-state index contributed by atoms with van der Waals surface area (Å²) in [7, 11) is 1.26. The molecule has 0 radical (unpaired) electrons. The highest BCUT2D eigenvalue weighted by Crippen LogP contribution is 2.31. The summed E-state index contributed by atoms with van der Waals surface area (Å²) in [6.45, 7) is -0.188. The van der Waals surface area contributed by atoms with E-state index in [9.17, 15) is 14.4 Å². The van der Waals surface area contributed by atoms with Crippen molar-refractivity contribution in [3.63, 3.8) is 0 Å². The Morgan fingerprint density at radius 3 is 2.79 bits per heavy atom. The fourth-order valence-corrected chi connectivity index (χ4v) is 4.40. The van der Waals surface area contributed by atoms with E-state index in [1.165, 1.54) is 25.3 Å². The number of fused-ring (bicyclic) bond motifs is 1. The van der Waals surface area contributed by atoms with Crippen LogP contribution in [0.25, 0.3) is 10.9 Å². The predicted molar refractivity (Wildman–Crippen MR) is 109 cm³/mol. The van der Waals surface area contributed by atoms with Gasteiger partial charge in [-0.3, -0.25) is 19.0 Å². The maximum Gasteiger partial charge on any atom is 0.325 e. The smallest absolute Gasteiger partial charge is 0.325 e. The van der Waals surface area contributed by atoms with E-state index in [4.69, 9.17) is 11.6 Å². The van der Waals surface area contributed by atoms with Gasteiger partial charge in [0.25, 0.3) is 5.56 Å². The van der Waals surface area contributed by atoms with Crippen molar-refractivity contribution >= 4 is 46.1 Å². The summed E-state index contributed by atoms with van der Waals surface area (Å²) < 4.78 is 6.24. The number of ether oxygens (including phenoxy) is 1. The van der Waals surface area contributed by atoms with Crippen LogP contribution in [0.2, 0.25) is 5.02 Å². The summed E-state index contributed by atoms with van der Waals surface area (Å²) in [6, 6.07) is 5.12. The summed E-state index contributed by atoms with van der Waals surface area (Å²) in [5.41, 5.74) is 0.410. The molecule has 1 amide bonds. The van der Waals surface area contributed by atoms with Crippen LogP contribution in [0.1, 0.15) is 38.1 Å². The zero-order valence-electron chi connectivity index (χ0n) is 15.6. The standard InChI is InChI=1S/C19H22ClN3O4S/c1-27-17(25)10-21-16(24)11-28-19-22-15-9-12(20)7-8-14(15)18(26)23(19)13-5-3-2-4-6-13/h7-9,13H,2-6,10-11H2,1H3,(H,21,24). The normalized spacial score (nSPS) is 14.8. The second-order valence-corrected chi connectivity index (χ2v) is 8.04. The molecule has 0 aliphatic heterocycles. The number of methoxy groups -OCH3 is 1. The zero-order valence-corrected chi connectivity index (χ0v) is 17.1. The van der Waals surface area contributed by atoms with Gasteiger partial charge in [-0.15, -0.1) is 0 Å². The zero-order chi connectivity index (χ0) is 20.1. The molecule has 0 unspecified atom stereocenters. The molecule has 1 heterocycles. The van der Waals surface area contributed by atoms with Crippen LogP contribution in [0.4, 0.5) is 0 Å². The molecule has 7 nitrogen and oxygen atoms in total. The number of carbonyl (C=O) groups is 2. The van der Waals surface area contributed by atoms with Gasteiger partial charge < -0.3 is 10.1 Å². The van der Waals surface area contributed by atoms with Crippen LogP contribution in [0.3, 0.4) is 0 Å². The van der Waals surface area contributed by atoms with Crippen LogP contribution in [-0.2, 0) is 14.3 Å². The van der Waals surface area contributed by atoms with Gasteiger partial charge in [-0.2, -0.15) is 0 Å². The van der Waals surface area contributed by atoms with Crippen molar-refractivity contribution in [2.75, 3.05) is 19.4 Å². The largest absolute Gasteiger partial charge is 0.468 e. The van der Waals surface area contributed by atoms with Gasteiger partial charge >= 0.3 is 5.97 Å². The Kier molecular flexibility index (Phi) is 6.96. The first kappa shape index (κ1) is 20.7. The molecule has 1 aliphatic rings. The number of halogens is 1. The molecular weight excluding hydrogens is 402 g/mol. The Bertz CT molecular complexity index is 941. The lowest BCUT2D eigenvalue weighted by molar-refractivity contribution is -0.140. The van der Waals surface area contributed by atoms with Gasteiger partial charge in [0.15, 0.2) is 5.16 Å². The minimum atomic E-state index is -0.518. The molecule has 0 atom stereocenters. The summed E-state index contributed by atoms with van der Waals surface area (Å²) in [4.78, 5) is 41.0. The first-order valence-corrected chi connectivity index (χ1v) is 10.5. The Hall–Kier alpha value is -2.06. The number of nitrogens with one attached hydrogen (secondary N) is 1. The van der Waals surface area contributed by atoms with Crippen LogP contribution in [-0.4, -0.2) is 40.8 Å². The van der Waals surface area contributed by atoms with E-state index in [-0.39, 0.29) is 29.8 Å². The molecule has 1 N–H and O–H groups in total. The van der Waals surface area contributed by atoms with Gasteiger partial charge in [0, 0.05) is 11.1 Å². The number of benzene rings is 1. The number of hydrogen-bond donors (Lipinski definition) is 1. The Labute approximate surface area is 171 Å². The third-order valence-corrected chi connectivity index (χ3v) is 5.95. The second kappa shape index (κ2) is 9.43. The average molecular weight is 424 g/mol. The van der Waals surface area contributed by atoms with Gasteiger partial charge in [0.2, 0.25) is 5.91 Å². The highest BCUT2D eigenvalue weighted by Gasteiger charge is 2.22. The summed E-state index contributed by atoms with van der Waals surface area (Å²) in [5.74, 6) is -0.802. The van der Waals surface area contributed by atoms with E-state index >= 15 is 0 Å². The van der Waals surface area contributed by atoms with E-state index in [0.29, 0.717) is 21.1 Å². The monoisotopic (exact) mass is 423 g/mol. The van der Waals surface area contributed by atoms with Gasteiger partial charge in [-0.05, 0) is 31.0 Å². The molecule has 1 aromatic carbocycles. The fourth-order valence-electron chi connectivity index (χ4n) is 3.34. The van der Waals surface area contributed by atoms with Crippen LogP contribution in [0.15, 0.2) is 28.2 Å². The number of carbonyl (C=O) groups excluding carboxylic acids is 2. The van der Waals surface area contributed by atoms with Crippen molar-refractivity contribution in [1.29, 1.82) is 0 Å². The van der Waals surface area contributed by atoms with Crippen molar-refractivity contribution in [2.45, 2.75) is 43.3 Å². The molecule has 28 heavy (non-hydrogen) atoms. The molecule has 0 bridgehead atoms. The quantitative estimate of drug-likeness (QED) is 0.436. The van der Waals surface area contributed by atoms with Crippen LogP contribution in [0.5, 0.6) is 0 Å². The molecular formula is C19H22ClN3O4S. The average Bonchev–Trinajstić information content (AvgIpc) is 2.70. The van der Waals surface area contributed by atoms with Crippen molar-refractivity contribution in [3.8, 4) is 0 Å². The third-order valence-electron chi connectivity index (χ3n) is 4.76. The van der Waals surface area contributed by atoms with Gasteiger partial charge in [-0.1, -0.05) is 42.6 Å². The first-order valence-electron chi connectivity index (χ1n) is 9.17. The Balaban J connectivity index is 1.89. The summed E-state index contributed by atoms with van der Waals surface area (Å²) >= 11 is 7.25. The Morgan fingerprint density at radius 1 is 1.32 bits per heavy atom. The van der Waals surface area contributed by atoms with Gasteiger partial charge in [0.05, 0.1) is 23.8 Å². The number of aromatic nitrogens is 2. The van der Waals surface area contributed by atoms with Gasteiger partial charge in [0.1, 0.15) is 6.54 Å². The third kappa shape index (κ3) is 4.86. The second-order valence-electron chi connectivity index (χ2n) is 6.66. The van der Waals surface area contributed by atoms with E-state index in [0.717, 1.165) is 25.7 Å². The van der Waals surface area contributed by atoms with Crippen LogP contribution in [0, 0.1) is 0 Å². The molecule has 9 heteroatoms. The van der Waals surface area contributed by atoms with Crippen molar-refractivity contribution in [3.05, 3.63) is 33.6 Å². The lowest BCUT2D eigenvalue weighted by Crippen LogP contribution is -2.32. The fraction of sp³-hybridized carbons (Fsp3) is 0.474. The van der Waals surface area contributed by atoms with Crippen molar-refractivity contribution < 1.29 is 14.3 Å². The molecule has 1 aliphatic carbocycles. The lowest BCUT2D eigenvalue weighted by Gasteiger charge is -2.26. The molecule has 1 fully saturated rings. The van der Waals surface area contributed by atoms with Crippen molar-refractivity contribution in [1.82, 2.24) is 14.9 Å². The minimum absolute atomic E-state index is 0.0439.